The Morgan fingerprint density at radius 1 is 1.38 bits per heavy atom. The smallest absolute Gasteiger partial charge is 0.233 e. The van der Waals surface area contributed by atoms with Gasteiger partial charge in [0.25, 0.3) is 0 Å². The van der Waals surface area contributed by atoms with E-state index in [1.54, 1.807) is 4.90 Å². The third kappa shape index (κ3) is 4.66. The summed E-state index contributed by atoms with van der Waals surface area (Å²) in [6.45, 7) is 2.36. The van der Waals surface area contributed by atoms with E-state index in [4.69, 9.17) is 0 Å². The number of rotatable bonds is 6. The van der Waals surface area contributed by atoms with E-state index in [9.17, 15) is 13.2 Å². The summed E-state index contributed by atoms with van der Waals surface area (Å²) in [5.74, 6) is 0.955. The number of sulfone groups is 1. The molecule has 26 heavy (non-hydrogen) atoms. The number of nitrogens with one attached hydrogen (secondary N) is 1. The molecule has 2 aromatic rings. The second kappa shape index (κ2) is 8.10. The lowest BCUT2D eigenvalue weighted by Gasteiger charge is -2.26. The molecule has 1 aromatic carbocycles. The quantitative estimate of drug-likeness (QED) is 0.667. The fraction of sp³-hybridized carbons (Fsp3) is 0.438. The molecule has 1 amide bonds. The third-order valence-corrected chi connectivity index (χ3v) is 7.33. The number of hydrogen-bond acceptors (Lipinski definition) is 6. The van der Waals surface area contributed by atoms with Crippen LogP contribution < -0.4 is 0 Å². The molecule has 10 heteroatoms. The zero-order valence-electron chi connectivity index (χ0n) is 14.2. The van der Waals surface area contributed by atoms with Crippen molar-refractivity contribution in [3.05, 3.63) is 28.7 Å². The number of hydrogen-bond donors (Lipinski definition) is 1. The van der Waals surface area contributed by atoms with Crippen LogP contribution in [-0.2, 0) is 14.6 Å². The molecule has 0 unspecified atom stereocenters. The summed E-state index contributed by atoms with van der Waals surface area (Å²) >= 11 is 4.64. The van der Waals surface area contributed by atoms with Crippen LogP contribution in [0.2, 0.25) is 0 Å². The number of nitrogens with zero attached hydrogens (tertiary/aromatic N) is 3. The first-order valence-electron chi connectivity index (χ1n) is 8.19. The van der Waals surface area contributed by atoms with Crippen molar-refractivity contribution in [1.29, 1.82) is 0 Å². The SMILES string of the molecule is CCN(C(=O)CSc1n[nH]c(-c2ccc(Br)cc2)n1)[C@@H]1CCS(=O)(=O)C1. The second-order valence-electron chi connectivity index (χ2n) is 6.00. The molecule has 1 atom stereocenters. The average molecular weight is 459 g/mol. The first-order valence-corrected chi connectivity index (χ1v) is 11.8. The Labute approximate surface area is 165 Å². The average Bonchev–Trinajstić information content (AvgIpc) is 3.21. The summed E-state index contributed by atoms with van der Waals surface area (Å²) in [5.41, 5.74) is 0.908. The predicted octanol–water partition coefficient (Wildman–Crippen LogP) is 2.36. The molecule has 0 radical (unpaired) electrons. The highest BCUT2D eigenvalue weighted by Crippen LogP contribution is 2.23. The number of carbonyl (C=O) groups excluding carboxylic acids is 1. The molecular formula is C16H19BrN4O3S2. The van der Waals surface area contributed by atoms with E-state index >= 15 is 0 Å². The maximum atomic E-state index is 12.5. The van der Waals surface area contributed by atoms with E-state index in [-0.39, 0.29) is 29.2 Å². The number of H-pyrrole nitrogens is 1. The molecular weight excluding hydrogens is 440 g/mol. The molecule has 140 valence electrons. The van der Waals surface area contributed by atoms with E-state index in [1.807, 2.05) is 31.2 Å². The van der Waals surface area contributed by atoms with Crippen LogP contribution in [-0.4, -0.2) is 64.3 Å². The van der Waals surface area contributed by atoms with Crippen LogP contribution >= 0.6 is 27.7 Å². The number of amides is 1. The van der Waals surface area contributed by atoms with Crippen LogP contribution in [0.25, 0.3) is 11.4 Å². The lowest BCUT2D eigenvalue weighted by atomic mass is 10.2. The molecule has 0 spiro atoms. The van der Waals surface area contributed by atoms with Gasteiger partial charge in [-0.1, -0.05) is 39.8 Å². The Bertz CT molecular complexity index is 883. The predicted molar refractivity (Wildman–Crippen MR) is 105 cm³/mol. The summed E-state index contributed by atoms with van der Waals surface area (Å²) in [6, 6.07) is 7.46. The van der Waals surface area contributed by atoms with Gasteiger partial charge in [0.15, 0.2) is 15.7 Å². The van der Waals surface area contributed by atoms with Gasteiger partial charge in [-0.3, -0.25) is 9.89 Å². The van der Waals surface area contributed by atoms with Crippen molar-refractivity contribution >= 4 is 43.4 Å². The van der Waals surface area contributed by atoms with Gasteiger partial charge in [0, 0.05) is 22.6 Å². The maximum Gasteiger partial charge on any atom is 0.233 e. The minimum Gasteiger partial charge on any atom is -0.338 e. The Balaban J connectivity index is 1.60. The van der Waals surface area contributed by atoms with Crippen molar-refractivity contribution in [3.63, 3.8) is 0 Å². The van der Waals surface area contributed by atoms with Gasteiger partial charge in [0.05, 0.1) is 17.3 Å². The van der Waals surface area contributed by atoms with Gasteiger partial charge in [-0.2, -0.15) is 0 Å². The zero-order chi connectivity index (χ0) is 18.7. The van der Waals surface area contributed by atoms with E-state index in [0.29, 0.717) is 23.9 Å². The molecule has 0 saturated carbocycles. The van der Waals surface area contributed by atoms with Gasteiger partial charge >= 0.3 is 0 Å². The molecule has 1 saturated heterocycles. The topological polar surface area (TPSA) is 96.0 Å². The molecule has 1 aromatic heterocycles. The van der Waals surface area contributed by atoms with Crippen LogP contribution in [0.1, 0.15) is 13.3 Å². The van der Waals surface area contributed by atoms with E-state index in [2.05, 4.69) is 31.1 Å². The largest absolute Gasteiger partial charge is 0.338 e. The van der Waals surface area contributed by atoms with Crippen LogP contribution in [0.4, 0.5) is 0 Å². The fourth-order valence-electron chi connectivity index (χ4n) is 2.92. The van der Waals surface area contributed by atoms with Crippen LogP contribution in [0, 0.1) is 0 Å². The van der Waals surface area contributed by atoms with Gasteiger partial charge in [0.1, 0.15) is 0 Å². The van der Waals surface area contributed by atoms with Crippen molar-refractivity contribution < 1.29 is 13.2 Å². The van der Waals surface area contributed by atoms with Gasteiger partial charge < -0.3 is 4.90 Å². The highest BCUT2D eigenvalue weighted by Gasteiger charge is 2.33. The van der Waals surface area contributed by atoms with Gasteiger partial charge in [-0.15, -0.1) is 5.10 Å². The highest BCUT2D eigenvalue weighted by atomic mass is 79.9. The number of thioether (sulfide) groups is 1. The monoisotopic (exact) mass is 458 g/mol. The summed E-state index contributed by atoms with van der Waals surface area (Å²) < 4.78 is 24.3. The van der Waals surface area contributed by atoms with Gasteiger partial charge in [-0.05, 0) is 25.5 Å². The van der Waals surface area contributed by atoms with E-state index < -0.39 is 9.84 Å². The third-order valence-electron chi connectivity index (χ3n) is 4.22. The molecule has 1 N–H and O–H groups in total. The van der Waals surface area contributed by atoms with Crippen molar-refractivity contribution in [3.8, 4) is 11.4 Å². The summed E-state index contributed by atoms with van der Waals surface area (Å²) in [5, 5.41) is 7.51. The first kappa shape index (κ1) is 19.4. The van der Waals surface area contributed by atoms with Crippen molar-refractivity contribution in [2.75, 3.05) is 23.8 Å². The highest BCUT2D eigenvalue weighted by molar-refractivity contribution is 9.10. The second-order valence-corrected chi connectivity index (χ2v) is 10.1. The van der Waals surface area contributed by atoms with E-state index in [0.717, 1.165) is 10.0 Å². The fourth-order valence-corrected chi connectivity index (χ4v) is 5.60. The normalized spacial score (nSPS) is 18.8. The van der Waals surface area contributed by atoms with Crippen LogP contribution in [0.15, 0.2) is 33.9 Å². The van der Waals surface area contributed by atoms with Crippen molar-refractivity contribution in [2.24, 2.45) is 0 Å². The number of aromatic nitrogens is 3. The number of carbonyl (C=O) groups is 1. The molecule has 2 heterocycles. The van der Waals surface area contributed by atoms with Crippen LogP contribution in [0.3, 0.4) is 0 Å². The minimum atomic E-state index is -3.02. The van der Waals surface area contributed by atoms with Crippen molar-refractivity contribution in [1.82, 2.24) is 20.1 Å². The number of halogens is 1. The molecule has 1 aliphatic rings. The number of aromatic amines is 1. The lowest BCUT2D eigenvalue weighted by Crippen LogP contribution is -2.41. The Morgan fingerprint density at radius 3 is 2.73 bits per heavy atom. The van der Waals surface area contributed by atoms with Crippen LogP contribution in [0.5, 0.6) is 0 Å². The molecule has 0 aliphatic carbocycles. The minimum absolute atomic E-state index is 0.0611. The van der Waals surface area contributed by atoms with Gasteiger partial charge in [-0.25, -0.2) is 13.4 Å². The summed E-state index contributed by atoms with van der Waals surface area (Å²) in [7, 11) is -3.02. The summed E-state index contributed by atoms with van der Waals surface area (Å²) in [6.07, 6.45) is 0.515. The zero-order valence-corrected chi connectivity index (χ0v) is 17.4. The Kier molecular flexibility index (Phi) is 6.03. The Morgan fingerprint density at radius 2 is 2.12 bits per heavy atom. The first-order chi connectivity index (χ1) is 12.4. The lowest BCUT2D eigenvalue weighted by molar-refractivity contribution is -0.129. The molecule has 7 nitrogen and oxygen atoms in total. The molecule has 3 rings (SSSR count). The standard InChI is InChI=1S/C16H19BrN4O3S2/c1-2-21(13-7-8-26(23,24)10-13)14(22)9-25-16-18-15(19-20-16)11-3-5-12(17)6-4-11/h3-6,13H,2,7-10H2,1H3,(H,18,19,20)/t13-/m1/s1. The summed E-state index contributed by atoms with van der Waals surface area (Å²) in [4.78, 5) is 18.6. The number of benzene rings is 1. The molecule has 1 aliphatic heterocycles. The van der Waals surface area contributed by atoms with Gasteiger partial charge in [0.2, 0.25) is 11.1 Å². The molecule has 0 bridgehead atoms. The molecule has 1 fully saturated rings. The van der Waals surface area contributed by atoms with Crippen molar-refractivity contribution in [2.45, 2.75) is 24.5 Å². The van der Waals surface area contributed by atoms with E-state index in [1.165, 1.54) is 11.8 Å². The maximum absolute atomic E-state index is 12.5. The Hall–Kier alpha value is -1.39.